The number of nitrogens with zero attached hydrogens (tertiary/aromatic N) is 1. The second-order valence-electron chi connectivity index (χ2n) is 5.92. The second kappa shape index (κ2) is 8.38. The van der Waals surface area contributed by atoms with Crippen LogP contribution in [0.2, 0.25) is 0 Å². The molecule has 2 aromatic rings. The number of fused-ring (bicyclic) bond motifs is 1. The van der Waals surface area contributed by atoms with Crippen LogP contribution in [0.1, 0.15) is 22.3 Å². The summed E-state index contributed by atoms with van der Waals surface area (Å²) in [7, 11) is 1.34. The smallest absolute Gasteiger partial charge is 0.307 e. The second-order valence-corrected chi connectivity index (χ2v) is 5.92. The van der Waals surface area contributed by atoms with Gasteiger partial charge in [-0.3, -0.25) is 9.59 Å². The van der Waals surface area contributed by atoms with Crippen molar-refractivity contribution in [3.8, 4) is 11.5 Å². The van der Waals surface area contributed by atoms with Crippen LogP contribution in [0.15, 0.2) is 48.5 Å². The van der Waals surface area contributed by atoms with Gasteiger partial charge in [-0.2, -0.15) is 0 Å². The Balaban J connectivity index is 1.72. The summed E-state index contributed by atoms with van der Waals surface area (Å²) in [4.78, 5) is 26.1. The lowest BCUT2D eigenvalue weighted by molar-refractivity contribution is -0.140. The van der Waals surface area contributed by atoms with Crippen LogP contribution in [0.3, 0.4) is 0 Å². The fourth-order valence-corrected chi connectivity index (χ4v) is 2.76. The van der Waals surface area contributed by atoms with E-state index in [2.05, 4.69) is 0 Å². The molecule has 0 fully saturated rings. The van der Waals surface area contributed by atoms with E-state index in [1.807, 2.05) is 30.3 Å². The number of ether oxygens (including phenoxy) is 3. The maximum atomic E-state index is 12.9. The number of carbonyl (C=O) groups is 2. The lowest BCUT2D eigenvalue weighted by atomic mass is 10.1. The van der Waals surface area contributed by atoms with E-state index in [-0.39, 0.29) is 25.1 Å². The normalized spacial score (nSPS) is 11.9. The molecular formula is C20H21NO5. The average Bonchev–Trinajstić information content (AvgIpc) is 3.16. The maximum absolute atomic E-state index is 12.9. The van der Waals surface area contributed by atoms with Gasteiger partial charge in [-0.25, -0.2) is 0 Å². The van der Waals surface area contributed by atoms with Crippen molar-refractivity contribution in [2.24, 2.45) is 0 Å². The fourth-order valence-electron chi connectivity index (χ4n) is 2.76. The van der Waals surface area contributed by atoms with Crippen molar-refractivity contribution in [1.82, 2.24) is 4.90 Å². The standard InChI is InChI=1S/C20H21NO5/c1-24-19(22)10-12-21(11-9-15-5-3-2-4-6-15)20(23)16-7-8-17-18(13-16)26-14-25-17/h2-8,13H,9-12,14H2,1H3. The van der Waals surface area contributed by atoms with Gasteiger partial charge in [-0.15, -0.1) is 0 Å². The predicted octanol–water partition coefficient (Wildman–Crippen LogP) is 2.66. The Bertz CT molecular complexity index is 775. The SMILES string of the molecule is COC(=O)CCN(CCc1ccccc1)C(=O)c1ccc2c(c1)OCO2. The molecule has 0 aromatic heterocycles. The van der Waals surface area contributed by atoms with Gasteiger partial charge >= 0.3 is 5.97 Å². The summed E-state index contributed by atoms with van der Waals surface area (Å²) in [5.74, 6) is 0.704. The highest BCUT2D eigenvalue weighted by molar-refractivity contribution is 5.95. The summed E-state index contributed by atoms with van der Waals surface area (Å²) in [5, 5.41) is 0. The van der Waals surface area contributed by atoms with Gasteiger partial charge in [0.2, 0.25) is 6.79 Å². The minimum Gasteiger partial charge on any atom is -0.469 e. The highest BCUT2D eigenvalue weighted by Gasteiger charge is 2.21. The third-order valence-corrected chi connectivity index (χ3v) is 4.23. The number of methoxy groups -OCH3 is 1. The summed E-state index contributed by atoms with van der Waals surface area (Å²) < 4.78 is 15.3. The Morgan fingerprint density at radius 2 is 1.81 bits per heavy atom. The number of hydrogen-bond acceptors (Lipinski definition) is 5. The van der Waals surface area contributed by atoms with Crippen molar-refractivity contribution in [3.05, 3.63) is 59.7 Å². The number of benzene rings is 2. The van der Waals surface area contributed by atoms with Gasteiger partial charge in [0, 0.05) is 18.7 Å². The van der Waals surface area contributed by atoms with Crippen molar-refractivity contribution < 1.29 is 23.8 Å². The third-order valence-electron chi connectivity index (χ3n) is 4.23. The maximum Gasteiger partial charge on any atom is 0.307 e. The quantitative estimate of drug-likeness (QED) is 0.715. The first-order chi connectivity index (χ1) is 12.7. The molecule has 1 amide bonds. The Morgan fingerprint density at radius 1 is 1.04 bits per heavy atom. The summed E-state index contributed by atoms with van der Waals surface area (Å²) in [5.41, 5.74) is 1.64. The zero-order valence-electron chi connectivity index (χ0n) is 14.6. The molecule has 26 heavy (non-hydrogen) atoms. The summed E-state index contributed by atoms with van der Waals surface area (Å²) in [6, 6.07) is 15.0. The molecular weight excluding hydrogens is 334 g/mol. The molecule has 1 heterocycles. The number of amides is 1. The summed E-state index contributed by atoms with van der Waals surface area (Å²) in [6.07, 6.45) is 0.861. The minimum absolute atomic E-state index is 0.150. The zero-order valence-corrected chi connectivity index (χ0v) is 14.6. The molecule has 0 unspecified atom stereocenters. The highest BCUT2D eigenvalue weighted by atomic mass is 16.7. The van der Waals surface area contributed by atoms with E-state index in [0.29, 0.717) is 36.6 Å². The van der Waals surface area contributed by atoms with Crippen LogP contribution < -0.4 is 9.47 Å². The van der Waals surface area contributed by atoms with Crippen LogP contribution >= 0.6 is 0 Å². The molecule has 0 saturated heterocycles. The Labute approximate surface area is 152 Å². The van der Waals surface area contributed by atoms with Gasteiger partial charge < -0.3 is 19.1 Å². The molecule has 136 valence electrons. The van der Waals surface area contributed by atoms with Crippen LogP contribution in [0, 0.1) is 0 Å². The van der Waals surface area contributed by atoms with E-state index in [4.69, 9.17) is 14.2 Å². The molecule has 0 radical (unpaired) electrons. The van der Waals surface area contributed by atoms with Gasteiger partial charge in [-0.1, -0.05) is 30.3 Å². The molecule has 2 aromatic carbocycles. The molecule has 0 bridgehead atoms. The molecule has 0 spiro atoms. The largest absolute Gasteiger partial charge is 0.469 e. The number of hydrogen-bond donors (Lipinski definition) is 0. The monoisotopic (exact) mass is 355 g/mol. The molecule has 3 rings (SSSR count). The van der Waals surface area contributed by atoms with Gasteiger partial charge in [0.05, 0.1) is 13.5 Å². The van der Waals surface area contributed by atoms with Gasteiger partial charge in [0.1, 0.15) is 0 Å². The van der Waals surface area contributed by atoms with E-state index in [9.17, 15) is 9.59 Å². The summed E-state index contributed by atoms with van der Waals surface area (Å²) in [6.45, 7) is 0.966. The first-order valence-electron chi connectivity index (χ1n) is 8.47. The van der Waals surface area contributed by atoms with E-state index >= 15 is 0 Å². The molecule has 0 N–H and O–H groups in total. The van der Waals surface area contributed by atoms with Crippen LogP contribution in [-0.4, -0.2) is 43.8 Å². The van der Waals surface area contributed by atoms with Crippen molar-refractivity contribution in [1.29, 1.82) is 0 Å². The molecule has 0 aliphatic carbocycles. The van der Waals surface area contributed by atoms with Crippen LogP contribution in [-0.2, 0) is 16.0 Å². The molecule has 0 atom stereocenters. The van der Waals surface area contributed by atoms with Crippen LogP contribution in [0.4, 0.5) is 0 Å². The van der Waals surface area contributed by atoms with Gasteiger partial charge in [0.15, 0.2) is 11.5 Å². The van der Waals surface area contributed by atoms with Gasteiger partial charge in [-0.05, 0) is 30.2 Å². The van der Waals surface area contributed by atoms with E-state index in [1.165, 1.54) is 7.11 Å². The number of esters is 1. The van der Waals surface area contributed by atoms with Crippen molar-refractivity contribution in [2.75, 3.05) is 27.0 Å². The zero-order chi connectivity index (χ0) is 18.4. The molecule has 0 saturated carbocycles. The minimum atomic E-state index is -0.340. The topological polar surface area (TPSA) is 65.1 Å². The lowest BCUT2D eigenvalue weighted by Crippen LogP contribution is -2.35. The molecule has 1 aliphatic heterocycles. The van der Waals surface area contributed by atoms with E-state index in [0.717, 1.165) is 5.56 Å². The molecule has 1 aliphatic rings. The molecule has 6 nitrogen and oxygen atoms in total. The first-order valence-corrected chi connectivity index (χ1v) is 8.47. The summed E-state index contributed by atoms with van der Waals surface area (Å²) >= 11 is 0. The van der Waals surface area contributed by atoms with Crippen LogP contribution in [0.25, 0.3) is 0 Å². The van der Waals surface area contributed by atoms with Crippen molar-refractivity contribution in [2.45, 2.75) is 12.8 Å². The average molecular weight is 355 g/mol. The Kier molecular flexibility index (Phi) is 5.73. The van der Waals surface area contributed by atoms with Crippen LogP contribution in [0.5, 0.6) is 11.5 Å². The first kappa shape index (κ1) is 17.8. The third kappa shape index (κ3) is 4.33. The predicted molar refractivity (Wildman–Crippen MR) is 95.2 cm³/mol. The Morgan fingerprint density at radius 3 is 2.58 bits per heavy atom. The van der Waals surface area contributed by atoms with E-state index in [1.54, 1.807) is 23.1 Å². The van der Waals surface area contributed by atoms with Crippen molar-refractivity contribution >= 4 is 11.9 Å². The number of rotatable bonds is 7. The molecule has 6 heteroatoms. The lowest BCUT2D eigenvalue weighted by Gasteiger charge is -2.22. The Hall–Kier alpha value is -3.02. The number of carbonyl (C=O) groups excluding carboxylic acids is 2. The van der Waals surface area contributed by atoms with Gasteiger partial charge in [0.25, 0.3) is 5.91 Å². The fraction of sp³-hybridized carbons (Fsp3) is 0.300. The van der Waals surface area contributed by atoms with E-state index < -0.39 is 0 Å². The van der Waals surface area contributed by atoms with Crippen molar-refractivity contribution in [3.63, 3.8) is 0 Å². The highest BCUT2D eigenvalue weighted by Crippen LogP contribution is 2.32.